The van der Waals surface area contributed by atoms with Crippen molar-refractivity contribution in [2.75, 3.05) is 6.61 Å². The molecule has 2 heteroatoms. The lowest BCUT2D eigenvalue weighted by molar-refractivity contribution is 0.218. The van der Waals surface area contributed by atoms with Crippen LogP contribution in [0.25, 0.3) is 0 Å². The lowest BCUT2D eigenvalue weighted by Crippen LogP contribution is -2.22. The van der Waals surface area contributed by atoms with E-state index in [4.69, 9.17) is 5.73 Å². The smallest absolute Gasteiger partial charge is 0.0522 e. The SMILES string of the molecule is CC(C)(CO)c1cccc(CN)c1. The van der Waals surface area contributed by atoms with E-state index in [2.05, 4.69) is 6.07 Å². The molecule has 0 saturated carbocycles. The summed E-state index contributed by atoms with van der Waals surface area (Å²) in [4.78, 5) is 0. The monoisotopic (exact) mass is 179 g/mol. The van der Waals surface area contributed by atoms with Gasteiger partial charge >= 0.3 is 0 Å². The van der Waals surface area contributed by atoms with E-state index in [1.807, 2.05) is 32.0 Å². The standard InChI is InChI=1S/C11H17NO/c1-11(2,8-13)10-5-3-4-9(6-10)7-12/h3-6,13H,7-8,12H2,1-2H3. The average Bonchev–Trinajstić information content (AvgIpc) is 2.18. The van der Waals surface area contributed by atoms with Gasteiger partial charge in [-0.05, 0) is 11.1 Å². The second kappa shape index (κ2) is 3.90. The van der Waals surface area contributed by atoms with Gasteiger partial charge in [-0.25, -0.2) is 0 Å². The number of rotatable bonds is 3. The van der Waals surface area contributed by atoms with Crippen LogP contribution in [0.5, 0.6) is 0 Å². The summed E-state index contributed by atoms with van der Waals surface area (Å²) in [5, 5.41) is 9.18. The van der Waals surface area contributed by atoms with Crippen LogP contribution < -0.4 is 5.73 Å². The summed E-state index contributed by atoms with van der Waals surface area (Å²) in [6.07, 6.45) is 0. The van der Waals surface area contributed by atoms with Gasteiger partial charge in [-0.15, -0.1) is 0 Å². The quantitative estimate of drug-likeness (QED) is 0.737. The zero-order valence-corrected chi connectivity index (χ0v) is 8.25. The van der Waals surface area contributed by atoms with Crippen molar-refractivity contribution in [2.24, 2.45) is 5.73 Å². The molecule has 13 heavy (non-hydrogen) atoms. The Kier molecular flexibility index (Phi) is 3.07. The normalized spacial score (nSPS) is 11.7. The first kappa shape index (κ1) is 10.2. The van der Waals surface area contributed by atoms with Crippen molar-refractivity contribution in [3.63, 3.8) is 0 Å². The highest BCUT2D eigenvalue weighted by Gasteiger charge is 2.18. The van der Waals surface area contributed by atoms with Crippen LogP contribution >= 0.6 is 0 Å². The molecule has 72 valence electrons. The Bertz CT molecular complexity index is 281. The number of aliphatic hydroxyl groups excluding tert-OH is 1. The van der Waals surface area contributed by atoms with Gasteiger partial charge in [-0.3, -0.25) is 0 Å². The van der Waals surface area contributed by atoms with Crippen molar-refractivity contribution in [3.05, 3.63) is 35.4 Å². The van der Waals surface area contributed by atoms with Gasteiger partial charge in [0.25, 0.3) is 0 Å². The number of aliphatic hydroxyl groups is 1. The first-order valence-corrected chi connectivity index (χ1v) is 4.50. The molecular weight excluding hydrogens is 162 g/mol. The van der Waals surface area contributed by atoms with E-state index in [-0.39, 0.29) is 12.0 Å². The van der Waals surface area contributed by atoms with E-state index in [0.29, 0.717) is 6.54 Å². The molecule has 0 radical (unpaired) electrons. The second-order valence-electron chi connectivity index (χ2n) is 3.95. The van der Waals surface area contributed by atoms with Crippen LogP contribution in [0, 0.1) is 0 Å². The molecule has 0 spiro atoms. The van der Waals surface area contributed by atoms with Crippen LogP contribution in [0.4, 0.5) is 0 Å². The maximum Gasteiger partial charge on any atom is 0.0522 e. The second-order valence-corrected chi connectivity index (χ2v) is 3.95. The van der Waals surface area contributed by atoms with Crippen molar-refractivity contribution in [1.29, 1.82) is 0 Å². The Morgan fingerprint density at radius 2 is 2.08 bits per heavy atom. The van der Waals surface area contributed by atoms with Crippen LogP contribution in [0.3, 0.4) is 0 Å². The molecule has 0 saturated heterocycles. The summed E-state index contributed by atoms with van der Waals surface area (Å²) in [6, 6.07) is 8.05. The molecule has 2 nitrogen and oxygen atoms in total. The molecule has 1 aromatic carbocycles. The summed E-state index contributed by atoms with van der Waals surface area (Å²) >= 11 is 0. The van der Waals surface area contributed by atoms with Crippen LogP contribution in [-0.2, 0) is 12.0 Å². The third-order valence-electron chi connectivity index (χ3n) is 2.34. The van der Waals surface area contributed by atoms with Crippen LogP contribution in [0.1, 0.15) is 25.0 Å². The predicted octanol–water partition coefficient (Wildman–Crippen LogP) is 1.42. The topological polar surface area (TPSA) is 46.2 Å². The maximum atomic E-state index is 9.18. The molecule has 0 fully saturated rings. The summed E-state index contributed by atoms with van der Waals surface area (Å²) in [5.41, 5.74) is 7.61. The number of nitrogens with two attached hydrogens (primary N) is 1. The molecule has 0 amide bonds. The van der Waals surface area contributed by atoms with E-state index in [1.54, 1.807) is 0 Å². The zero-order valence-electron chi connectivity index (χ0n) is 8.25. The van der Waals surface area contributed by atoms with Gasteiger partial charge in [0.2, 0.25) is 0 Å². The van der Waals surface area contributed by atoms with Crippen LogP contribution in [0.15, 0.2) is 24.3 Å². The lowest BCUT2D eigenvalue weighted by Gasteiger charge is -2.22. The van der Waals surface area contributed by atoms with E-state index in [1.165, 1.54) is 0 Å². The molecule has 1 aromatic rings. The lowest BCUT2D eigenvalue weighted by atomic mass is 9.85. The largest absolute Gasteiger partial charge is 0.395 e. The predicted molar refractivity (Wildman–Crippen MR) is 54.4 cm³/mol. The number of benzene rings is 1. The molecule has 0 bridgehead atoms. The minimum atomic E-state index is -0.175. The summed E-state index contributed by atoms with van der Waals surface area (Å²) in [5.74, 6) is 0. The molecular formula is C11H17NO. The molecule has 0 heterocycles. The van der Waals surface area contributed by atoms with Gasteiger partial charge in [0.05, 0.1) is 6.61 Å². The van der Waals surface area contributed by atoms with Gasteiger partial charge in [0.1, 0.15) is 0 Å². The Morgan fingerprint density at radius 3 is 2.62 bits per heavy atom. The van der Waals surface area contributed by atoms with E-state index >= 15 is 0 Å². The minimum absolute atomic E-state index is 0.154. The van der Waals surface area contributed by atoms with Crippen LogP contribution in [-0.4, -0.2) is 11.7 Å². The fourth-order valence-electron chi connectivity index (χ4n) is 1.21. The molecule has 0 aliphatic carbocycles. The van der Waals surface area contributed by atoms with Gasteiger partial charge in [0.15, 0.2) is 0 Å². The summed E-state index contributed by atoms with van der Waals surface area (Å²) in [6.45, 7) is 4.74. The van der Waals surface area contributed by atoms with Gasteiger partial charge in [0, 0.05) is 12.0 Å². The fourth-order valence-corrected chi connectivity index (χ4v) is 1.21. The first-order valence-electron chi connectivity index (χ1n) is 4.50. The highest BCUT2D eigenvalue weighted by molar-refractivity contribution is 5.29. The Balaban J connectivity index is 3.01. The highest BCUT2D eigenvalue weighted by atomic mass is 16.3. The van der Waals surface area contributed by atoms with Crippen molar-refractivity contribution in [1.82, 2.24) is 0 Å². The fraction of sp³-hybridized carbons (Fsp3) is 0.455. The average molecular weight is 179 g/mol. The molecule has 0 aliphatic rings. The van der Waals surface area contributed by atoms with E-state index in [9.17, 15) is 5.11 Å². The Morgan fingerprint density at radius 1 is 1.38 bits per heavy atom. The van der Waals surface area contributed by atoms with Crippen molar-refractivity contribution in [2.45, 2.75) is 25.8 Å². The van der Waals surface area contributed by atoms with Gasteiger partial charge < -0.3 is 10.8 Å². The minimum Gasteiger partial charge on any atom is -0.395 e. The maximum absolute atomic E-state index is 9.18. The van der Waals surface area contributed by atoms with Crippen molar-refractivity contribution < 1.29 is 5.11 Å². The first-order chi connectivity index (χ1) is 6.10. The Hall–Kier alpha value is -0.860. The van der Waals surface area contributed by atoms with E-state index in [0.717, 1.165) is 11.1 Å². The molecule has 0 atom stereocenters. The van der Waals surface area contributed by atoms with Gasteiger partial charge in [-0.2, -0.15) is 0 Å². The number of hydrogen-bond acceptors (Lipinski definition) is 2. The summed E-state index contributed by atoms with van der Waals surface area (Å²) in [7, 11) is 0. The van der Waals surface area contributed by atoms with Crippen molar-refractivity contribution >= 4 is 0 Å². The third kappa shape index (κ3) is 2.29. The zero-order chi connectivity index (χ0) is 9.90. The molecule has 0 aliphatic heterocycles. The molecule has 0 unspecified atom stereocenters. The van der Waals surface area contributed by atoms with Gasteiger partial charge in [-0.1, -0.05) is 38.1 Å². The number of hydrogen-bond donors (Lipinski definition) is 2. The van der Waals surface area contributed by atoms with Crippen molar-refractivity contribution in [3.8, 4) is 0 Å². The van der Waals surface area contributed by atoms with E-state index < -0.39 is 0 Å². The van der Waals surface area contributed by atoms with Crippen LogP contribution in [0.2, 0.25) is 0 Å². The molecule has 1 rings (SSSR count). The molecule has 0 aromatic heterocycles. The highest BCUT2D eigenvalue weighted by Crippen LogP contribution is 2.22. The molecule has 3 N–H and O–H groups in total. The summed E-state index contributed by atoms with van der Waals surface area (Å²) < 4.78 is 0. The third-order valence-corrected chi connectivity index (χ3v) is 2.34. The Labute approximate surface area is 79.4 Å².